The molecule has 1 atom stereocenters. The Balaban J connectivity index is 1.91. The van der Waals surface area contributed by atoms with Crippen LogP contribution in [0.2, 0.25) is 0 Å². The predicted octanol–water partition coefficient (Wildman–Crippen LogP) is 3.07. The Hall–Kier alpha value is -2.36. The maximum atomic E-state index is 12.7. The van der Waals surface area contributed by atoms with Crippen LogP contribution in [0, 0.1) is 0 Å². The molecule has 0 saturated carbocycles. The molecule has 21 heavy (non-hydrogen) atoms. The fourth-order valence-electron chi connectivity index (χ4n) is 2.91. The summed E-state index contributed by atoms with van der Waals surface area (Å²) < 4.78 is 5.34. The SMILES string of the molecule is COc1ncccc1[C@@H]1CCCN1C(=O)c1ccccc1. The number of ether oxygens (including phenoxy) is 1. The Labute approximate surface area is 124 Å². The van der Waals surface area contributed by atoms with Gasteiger partial charge in [0.1, 0.15) is 0 Å². The second kappa shape index (κ2) is 5.95. The van der Waals surface area contributed by atoms with E-state index in [4.69, 9.17) is 4.74 Å². The van der Waals surface area contributed by atoms with Crippen molar-refractivity contribution in [2.45, 2.75) is 18.9 Å². The summed E-state index contributed by atoms with van der Waals surface area (Å²) in [6.45, 7) is 0.774. The highest BCUT2D eigenvalue weighted by Gasteiger charge is 2.32. The van der Waals surface area contributed by atoms with Gasteiger partial charge in [0.25, 0.3) is 5.91 Å². The molecule has 0 spiro atoms. The van der Waals surface area contributed by atoms with Gasteiger partial charge in [0.15, 0.2) is 0 Å². The summed E-state index contributed by atoms with van der Waals surface area (Å²) in [4.78, 5) is 18.9. The molecule has 4 nitrogen and oxygen atoms in total. The number of hydrogen-bond acceptors (Lipinski definition) is 3. The first-order valence-corrected chi connectivity index (χ1v) is 7.16. The number of nitrogens with zero attached hydrogens (tertiary/aromatic N) is 2. The van der Waals surface area contributed by atoms with Crippen molar-refractivity contribution in [2.75, 3.05) is 13.7 Å². The van der Waals surface area contributed by atoms with Gasteiger partial charge < -0.3 is 9.64 Å². The van der Waals surface area contributed by atoms with E-state index in [1.807, 2.05) is 47.4 Å². The highest BCUT2D eigenvalue weighted by molar-refractivity contribution is 5.94. The Morgan fingerprint density at radius 3 is 2.81 bits per heavy atom. The Morgan fingerprint density at radius 2 is 2.05 bits per heavy atom. The van der Waals surface area contributed by atoms with E-state index in [2.05, 4.69) is 4.98 Å². The molecule has 2 heterocycles. The molecular formula is C17H18N2O2. The minimum atomic E-state index is 0.0429. The first kappa shape index (κ1) is 13.6. The number of amides is 1. The molecule has 1 saturated heterocycles. The number of carbonyl (C=O) groups excluding carboxylic acids is 1. The van der Waals surface area contributed by atoms with Crippen molar-refractivity contribution in [3.05, 3.63) is 59.8 Å². The topological polar surface area (TPSA) is 42.4 Å². The van der Waals surface area contributed by atoms with Gasteiger partial charge in [-0.25, -0.2) is 4.98 Å². The molecule has 1 aromatic carbocycles. The number of carbonyl (C=O) groups is 1. The summed E-state index contributed by atoms with van der Waals surface area (Å²) in [6, 6.07) is 13.3. The van der Waals surface area contributed by atoms with Gasteiger partial charge in [-0.1, -0.05) is 24.3 Å². The highest BCUT2D eigenvalue weighted by Crippen LogP contribution is 2.36. The maximum absolute atomic E-state index is 12.7. The number of rotatable bonds is 3. The summed E-state index contributed by atoms with van der Waals surface area (Å²) in [6.07, 6.45) is 3.66. The van der Waals surface area contributed by atoms with Crippen LogP contribution in [0.3, 0.4) is 0 Å². The van der Waals surface area contributed by atoms with Gasteiger partial charge >= 0.3 is 0 Å². The van der Waals surface area contributed by atoms with Crippen LogP contribution in [0.1, 0.15) is 34.8 Å². The maximum Gasteiger partial charge on any atom is 0.254 e. The van der Waals surface area contributed by atoms with Crippen LogP contribution in [0.25, 0.3) is 0 Å². The summed E-state index contributed by atoms with van der Waals surface area (Å²) in [5, 5.41) is 0. The fourth-order valence-corrected chi connectivity index (χ4v) is 2.91. The largest absolute Gasteiger partial charge is 0.481 e. The predicted molar refractivity (Wildman–Crippen MR) is 80.2 cm³/mol. The van der Waals surface area contributed by atoms with Crippen molar-refractivity contribution < 1.29 is 9.53 Å². The molecular weight excluding hydrogens is 264 g/mol. The number of hydrogen-bond donors (Lipinski definition) is 0. The van der Waals surface area contributed by atoms with E-state index in [1.54, 1.807) is 13.3 Å². The van der Waals surface area contributed by atoms with Crippen LogP contribution >= 0.6 is 0 Å². The van der Waals surface area contributed by atoms with Crippen LogP contribution in [0.5, 0.6) is 5.88 Å². The lowest BCUT2D eigenvalue weighted by Gasteiger charge is -2.26. The van der Waals surface area contributed by atoms with E-state index in [1.165, 1.54) is 0 Å². The smallest absolute Gasteiger partial charge is 0.254 e. The van der Waals surface area contributed by atoms with Crippen molar-refractivity contribution >= 4 is 5.91 Å². The summed E-state index contributed by atoms with van der Waals surface area (Å²) in [7, 11) is 1.62. The van der Waals surface area contributed by atoms with Crippen molar-refractivity contribution in [3.8, 4) is 5.88 Å². The third kappa shape index (κ3) is 2.61. The van der Waals surface area contributed by atoms with Gasteiger partial charge in [0, 0.05) is 23.9 Å². The number of aromatic nitrogens is 1. The quantitative estimate of drug-likeness (QED) is 0.869. The lowest BCUT2D eigenvalue weighted by molar-refractivity contribution is 0.0734. The third-order valence-electron chi connectivity index (χ3n) is 3.89. The van der Waals surface area contributed by atoms with Crippen LogP contribution in [-0.4, -0.2) is 29.4 Å². The fraction of sp³-hybridized carbons (Fsp3) is 0.294. The van der Waals surface area contributed by atoms with E-state index in [0.29, 0.717) is 5.88 Å². The van der Waals surface area contributed by atoms with Gasteiger partial charge in [0.2, 0.25) is 5.88 Å². The molecule has 0 unspecified atom stereocenters. The zero-order valence-corrected chi connectivity index (χ0v) is 12.0. The van der Waals surface area contributed by atoms with Gasteiger partial charge in [-0.3, -0.25) is 4.79 Å². The van der Waals surface area contributed by atoms with Crippen molar-refractivity contribution in [2.24, 2.45) is 0 Å². The Bertz CT molecular complexity index is 628. The van der Waals surface area contributed by atoms with E-state index in [9.17, 15) is 4.79 Å². The first-order chi connectivity index (χ1) is 10.3. The van der Waals surface area contributed by atoms with E-state index in [-0.39, 0.29) is 11.9 Å². The van der Waals surface area contributed by atoms with Crippen LogP contribution in [0.4, 0.5) is 0 Å². The third-order valence-corrected chi connectivity index (χ3v) is 3.89. The minimum absolute atomic E-state index is 0.0429. The van der Waals surface area contributed by atoms with Crippen molar-refractivity contribution in [3.63, 3.8) is 0 Å². The number of methoxy groups -OCH3 is 1. The van der Waals surface area contributed by atoms with Crippen LogP contribution in [0.15, 0.2) is 48.7 Å². The van der Waals surface area contributed by atoms with Gasteiger partial charge in [0.05, 0.1) is 13.2 Å². The standard InChI is InChI=1S/C17H18N2O2/c1-21-16-14(9-5-11-18-16)15-10-6-12-19(15)17(20)13-7-3-2-4-8-13/h2-5,7-9,11,15H,6,10,12H2,1H3/t15-/m0/s1. The Morgan fingerprint density at radius 1 is 1.24 bits per heavy atom. The highest BCUT2D eigenvalue weighted by atomic mass is 16.5. The zero-order valence-electron chi connectivity index (χ0n) is 12.0. The molecule has 1 amide bonds. The summed E-state index contributed by atoms with van der Waals surface area (Å²) in [5.74, 6) is 0.680. The molecule has 1 aliphatic heterocycles. The molecule has 0 bridgehead atoms. The monoisotopic (exact) mass is 282 g/mol. The lowest BCUT2D eigenvalue weighted by atomic mass is 10.1. The molecule has 0 radical (unpaired) electrons. The molecule has 1 aliphatic rings. The second-order valence-corrected chi connectivity index (χ2v) is 5.12. The molecule has 2 aromatic rings. The van der Waals surface area contributed by atoms with E-state index < -0.39 is 0 Å². The average molecular weight is 282 g/mol. The number of likely N-dealkylation sites (tertiary alicyclic amines) is 1. The van der Waals surface area contributed by atoms with E-state index in [0.717, 1.165) is 30.5 Å². The molecule has 3 rings (SSSR count). The number of pyridine rings is 1. The molecule has 1 aromatic heterocycles. The van der Waals surface area contributed by atoms with Gasteiger partial charge in [-0.05, 0) is 31.0 Å². The van der Waals surface area contributed by atoms with Gasteiger partial charge in [-0.2, -0.15) is 0 Å². The molecule has 108 valence electrons. The van der Waals surface area contributed by atoms with Crippen molar-refractivity contribution in [1.29, 1.82) is 0 Å². The molecule has 1 fully saturated rings. The van der Waals surface area contributed by atoms with Crippen LogP contribution in [-0.2, 0) is 0 Å². The zero-order chi connectivity index (χ0) is 14.7. The molecule has 0 aliphatic carbocycles. The number of benzene rings is 1. The second-order valence-electron chi connectivity index (χ2n) is 5.12. The van der Waals surface area contributed by atoms with Crippen LogP contribution < -0.4 is 4.74 Å². The molecule has 4 heteroatoms. The van der Waals surface area contributed by atoms with E-state index >= 15 is 0 Å². The van der Waals surface area contributed by atoms with Crippen molar-refractivity contribution in [1.82, 2.24) is 9.88 Å². The van der Waals surface area contributed by atoms with Gasteiger partial charge in [-0.15, -0.1) is 0 Å². The molecule has 0 N–H and O–H groups in total. The Kier molecular flexibility index (Phi) is 3.86. The average Bonchev–Trinajstić information content (AvgIpc) is 3.04. The minimum Gasteiger partial charge on any atom is -0.481 e. The summed E-state index contributed by atoms with van der Waals surface area (Å²) >= 11 is 0. The summed E-state index contributed by atoms with van der Waals surface area (Å²) in [5.41, 5.74) is 1.72. The lowest BCUT2D eigenvalue weighted by Crippen LogP contribution is -2.30. The normalized spacial score (nSPS) is 17.8. The first-order valence-electron chi connectivity index (χ1n) is 7.16.